The molecule has 5 heteroatoms. The number of fused-ring (bicyclic) bond motifs is 10. The first-order valence-electron chi connectivity index (χ1n) is 19.5. The van der Waals surface area contributed by atoms with Gasteiger partial charge in [-0.25, -0.2) is 15.0 Å². The van der Waals surface area contributed by atoms with E-state index >= 15 is 0 Å². The van der Waals surface area contributed by atoms with Gasteiger partial charge in [0.25, 0.3) is 0 Å². The Morgan fingerprint density at radius 3 is 1.81 bits per heavy atom. The van der Waals surface area contributed by atoms with Gasteiger partial charge < -0.3 is 4.57 Å². The first-order valence-corrected chi connectivity index (χ1v) is 20.3. The Morgan fingerprint density at radius 1 is 0.362 bits per heavy atom. The van der Waals surface area contributed by atoms with Crippen LogP contribution in [0.3, 0.4) is 0 Å². The van der Waals surface area contributed by atoms with Crippen LogP contribution in [0, 0.1) is 0 Å². The number of nitrogens with zero attached hydrogens (tertiary/aromatic N) is 4. The van der Waals surface area contributed by atoms with Crippen molar-refractivity contribution in [2.24, 2.45) is 0 Å². The second-order valence-electron chi connectivity index (χ2n) is 14.8. The molecule has 4 aromatic heterocycles. The van der Waals surface area contributed by atoms with Crippen molar-refractivity contribution >= 4 is 75.0 Å². The predicted octanol–water partition coefficient (Wildman–Crippen LogP) is 14.3. The minimum atomic E-state index is 0.660. The number of hydrogen-bond acceptors (Lipinski definition) is 4. The van der Waals surface area contributed by atoms with Crippen LogP contribution >= 0.6 is 11.3 Å². The van der Waals surface area contributed by atoms with Crippen LogP contribution in [-0.4, -0.2) is 19.5 Å². The second kappa shape index (κ2) is 13.1. The fourth-order valence-corrected chi connectivity index (χ4v) is 9.85. The molecule has 4 heterocycles. The highest BCUT2D eigenvalue weighted by Gasteiger charge is 2.19. The zero-order valence-electron chi connectivity index (χ0n) is 31.2. The van der Waals surface area contributed by atoms with E-state index in [1.807, 2.05) is 17.4 Å². The molecule has 58 heavy (non-hydrogen) atoms. The molecule has 4 nitrogen and oxygen atoms in total. The standard InChI is InChI=1S/C53H32N4S/c1-4-14-33(15-5-1)43-32-44(35-25-28-47-42(30-35)38-20-10-12-22-46(38)57(47)37-18-8-3-9-19-37)56-53(55-43)36-24-26-39-45(31-36)54-52(34-16-6-2-7-17-34)41-27-29-49-51(50(39)41)40-21-11-13-23-48(40)58-49/h1-32H. The van der Waals surface area contributed by atoms with E-state index in [2.05, 4.69) is 193 Å². The highest BCUT2D eigenvalue weighted by Crippen LogP contribution is 2.44. The topological polar surface area (TPSA) is 43.6 Å². The maximum Gasteiger partial charge on any atom is 0.160 e. The van der Waals surface area contributed by atoms with E-state index in [9.17, 15) is 0 Å². The van der Waals surface area contributed by atoms with E-state index in [0.717, 1.165) is 66.8 Å². The number of aromatic nitrogens is 4. The lowest BCUT2D eigenvalue weighted by atomic mass is 9.95. The Kier molecular flexibility index (Phi) is 7.37. The van der Waals surface area contributed by atoms with Crippen molar-refractivity contribution in [1.29, 1.82) is 0 Å². The van der Waals surface area contributed by atoms with Gasteiger partial charge in [-0.3, -0.25) is 0 Å². The fourth-order valence-electron chi connectivity index (χ4n) is 8.73. The molecule has 0 bridgehead atoms. The summed E-state index contributed by atoms with van der Waals surface area (Å²) in [6.07, 6.45) is 0. The van der Waals surface area contributed by atoms with Crippen molar-refractivity contribution in [3.63, 3.8) is 0 Å². The summed E-state index contributed by atoms with van der Waals surface area (Å²) < 4.78 is 4.91. The highest BCUT2D eigenvalue weighted by molar-refractivity contribution is 7.26. The second-order valence-corrected chi connectivity index (χ2v) is 15.8. The number of hydrogen-bond donors (Lipinski definition) is 0. The van der Waals surface area contributed by atoms with Crippen LogP contribution in [0.25, 0.3) is 115 Å². The zero-order valence-corrected chi connectivity index (χ0v) is 32.0. The lowest BCUT2D eigenvalue weighted by Crippen LogP contribution is -1.97. The van der Waals surface area contributed by atoms with E-state index in [4.69, 9.17) is 15.0 Å². The van der Waals surface area contributed by atoms with E-state index in [-0.39, 0.29) is 0 Å². The molecule has 0 radical (unpaired) electrons. The molecule has 0 aliphatic heterocycles. The Bertz CT molecular complexity index is 3550. The molecular weight excluding hydrogens is 725 g/mol. The highest BCUT2D eigenvalue weighted by atomic mass is 32.1. The van der Waals surface area contributed by atoms with E-state index in [1.54, 1.807) is 0 Å². The van der Waals surface area contributed by atoms with Crippen LogP contribution in [0.4, 0.5) is 0 Å². The maximum absolute atomic E-state index is 5.43. The molecule has 0 amide bonds. The molecular formula is C53H32N4S. The average Bonchev–Trinajstić information content (AvgIpc) is 3.85. The third-order valence-corrected chi connectivity index (χ3v) is 12.5. The predicted molar refractivity (Wildman–Crippen MR) is 244 cm³/mol. The van der Waals surface area contributed by atoms with Crippen LogP contribution in [-0.2, 0) is 0 Å². The number of thiophene rings is 1. The third kappa shape index (κ3) is 5.18. The molecule has 0 saturated heterocycles. The number of para-hydroxylation sites is 2. The smallest absolute Gasteiger partial charge is 0.160 e. The molecule has 0 spiro atoms. The molecule has 12 rings (SSSR count). The molecule has 8 aromatic carbocycles. The van der Waals surface area contributed by atoms with Gasteiger partial charge in [-0.05, 0) is 54.6 Å². The lowest BCUT2D eigenvalue weighted by Gasteiger charge is -2.13. The Balaban J connectivity index is 1.09. The SMILES string of the molecule is c1ccc(-c2cc(-c3ccc4c(c3)c3ccccc3n4-c3ccccc3)nc(-c3ccc4c(c3)nc(-c3ccccc3)c3ccc5sc6ccccc6c5c34)n2)cc1. The number of benzene rings is 8. The first-order chi connectivity index (χ1) is 28.7. The monoisotopic (exact) mass is 756 g/mol. The summed E-state index contributed by atoms with van der Waals surface area (Å²) in [6.45, 7) is 0. The molecule has 0 unspecified atom stereocenters. The molecule has 0 N–H and O–H groups in total. The number of rotatable bonds is 5. The van der Waals surface area contributed by atoms with Gasteiger partial charge in [0.2, 0.25) is 0 Å². The largest absolute Gasteiger partial charge is 0.309 e. The summed E-state index contributed by atoms with van der Waals surface area (Å²) in [5.74, 6) is 0.660. The third-order valence-electron chi connectivity index (χ3n) is 11.4. The first kappa shape index (κ1) is 32.7. The van der Waals surface area contributed by atoms with Crippen molar-refractivity contribution < 1.29 is 0 Å². The Hall–Kier alpha value is -7.47. The van der Waals surface area contributed by atoms with Crippen molar-refractivity contribution in [2.75, 3.05) is 0 Å². The Labute approximate surface area is 338 Å². The van der Waals surface area contributed by atoms with Crippen LogP contribution in [0.2, 0.25) is 0 Å². The van der Waals surface area contributed by atoms with Crippen LogP contribution in [0.1, 0.15) is 0 Å². The summed E-state index contributed by atoms with van der Waals surface area (Å²) in [7, 11) is 0. The minimum absolute atomic E-state index is 0.660. The van der Waals surface area contributed by atoms with Crippen LogP contribution in [0.5, 0.6) is 0 Å². The fraction of sp³-hybridized carbons (Fsp3) is 0. The number of pyridine rings is 1. The van der Waals surface area contributed by atoms with Gasteiger partial charge in [0.1, 0.15) is 0 Å². The molecule has 0 saturated carbocycles. The van der Waals surface area contributed by atoms with Gasteiger partial charge in [-0.15, -0.1) is 11.3 Å². The van der Waals surface area contributed by atoms with Crippen LogP contribution < -0.4 is 0 Å². The van der Waals surface area contributed by atoms with E-state index < -0.39 is 0 Å². The molecule has 0 aliphatic rings. The summed E-state index contributed by atoms with van der Waals surface area (Å²) in [4.78, 5) is 16.0. The molecule has 0 atom stereocenters. The van der Waals surface area contributed by atoms with Crippen molar-refractivity contribution in [3.05, 3.63) is 194 Å². The average molecular weight is 757 g/mol. The van der Waals surface area contributed by atoms with E-state index in [0.29, 0.717) is 5.82 Å². The van der Waals surface area contributed by atoms with Crippen molar-refractivity contribution in [1.82, 2.24) is 19.5 Å². The van der Waals surface area contributed by atoms with Gasteiger partial charge in [0.15, 0.2) is 5.82 Å². The maximum atomic E-state index is 5.43. The molecule has 0 aliphatic carbocycles. The van der Waals surface area contributed by atoms with Gasteiger partial charge >= 0.3 is 0 Å². The zero-order chi connectivity index (χ0) is 38.2. The van der Waals surface area contributed by atoms with Gasteiger partial charge in [-0.1, -0.05) is 140 Å². The summed E-state index contributed by atoms with van der Waals surface area (Å²) in [5, 5.41) is 8.44. The molecule has 270 valence electrons. The normalized spacial score (nSPS) is 11.8. The summed E-state index contributed by atoms with van der Waals surface area (Å²) in [6, 6.07) is 68.8. The molecule has 12 aromatic rings. The van der Waals surface area contributed by atoms with Crippen molar-refractivity contribution in [2.45, 2.75) is 0 Å². The summed E-state index contributed by atoms with van der Waals surface area (Å²) >= 11 is 1.85. The van der Waals surface area contributed by atoms with Crippen molar-refractivity contribution in [3.8, 4) is 50.8 Å². The summed E-state index contributed by atoms with van der Waals surface area (Å²) in [5.41, 5.74) is 11.2. The van der Waals surface area contributed by atoms with Crippen LogP contribution in [0.15, 0.2) is 194 Å². The quantitative estimate of drug-likeness (QED) is 0.164. The lowest BCUT2D eigenvalue weighted by molar-refractivity contribution is 1.18. The minimum Gasteiger partial charge on any atom is -0.309 e. The Morgan fingerprint density at radius 2 is 1.00 bits per heavy atom. The van der Waals surface area contributed by atoms with Gasteiger partial charge in [-0.2, -0.15) is 0 Å². The molecule has 0 fully saturated rings. The van der Waals surface area contributed by atoms with Gasteiger partial charge in [0, 0.05) is 75.0 Å². The van der Waals surface area contributed by atoms with E-state index in [1.165, 1.54) is 41.8 Å². The van der Waals surface area contributed by atoms with Gasteiger partial charge in [0.05, 0.1) is 33.6 Å².